The van der Waals surface area contributed by atoms with E-state index in [9.17, 15) is 14.0 Å². The van der Waals surface area contributed by atoms with E-state index in [0.29, 0.717) is 22.8 Å². The van der Waals surface area contributed by atoms with Gasteiger partial charge in [0.25, 0.3) is 11.8 Å². The van der Waals surface area contributed by atoms with Crippen LogP contribution in [0.2, 0.25) is 5.02 Å². The van der Waals surface area contributed by atoms with E-state index in [2.05, 4.69) is 5.32 Å². The summed E-state index contributed by atoms with van der Waals surface area (Å²) in [5.74, 6) is -1.09. The van der Waals surface area contributed by atoms with E-state index in [0.717, 1.165) is 16.8 Å². The van der Waals surface area contributed by atoms with Gasteiger partial charge in [-0.15, -0.1) is 0 Å². The molecule has 4 aromatic carbocycles. The van der Waals surface area contributed by atoms with Crippen molar-refractivity contribution in [2.24, 2.45) is 0 Å². The van der Waals surface area contributed by atoms with Gasteiger partial charge in [-0.25, -0.2) is 4.39 Å². The smallest absolute Gasteiger partial charge is 0.257 e. The van der Waals surface area contributed by atoms with Crippen LogP contribution in [0.1, 0.15) is 31.8 Å². The fourth-order valence-corrected chi connectivity index (χ4v) is 4.30. The summed E-state index contributed by atoms with van der Waals surface area (Å²) in [4.78, 5) is 30.0. The maximum absolute atomic E-state index is 13.9. The first kappa shape index (κ1) is 25.9. The van der Waals surface area contributed by atoms with Crippen molar-refractivity contribution >= 4 is 34.8 Å². The molecule has 1 N–H and O–H groups in total. The van der Waals surface area contributed by atoms with Crippen LogP contribution in [0.25, 0.3) is 0 Å². The molecule has 0 bridgehead atoms. The number of anilines is 2. The maximum Gasteiger partial charge on any atom is 0.257 e. The van der Waals surface area contributed by atoms with Crippen molar-refractivity contribution in [3.63, 3.8) is 0 Å². The van der Waals surface area contributed by atoms with Gasteiger partial charge < -0.3 is 15.1 Å². The molecule has 0 fully saturated rings. The van der Waals surface area contributed by atoms with Crippen LogP contribution >= 0.6 is 11.6 Å². The number of amides is 2. The molecule has 2 amide bonds. The molecule has 0 spiro atoms. The number of hydrogen-bond acceptors (Lipinski definition) is 3. The quantitative estimate of drug-likeness (QED) is 0.286. The van der Waals surface area contributed by atoms with Crippen LogP contribution in [0.3, 0.4) is 0 Å². The molecule has 0 unspecified atom stereocenters. The molecule has 4 rings (SSSR count). The molecule has 0 heterocycles. The Morgan fingerprint density at radius 2 is 1.57 bits per heavy atom. The number of halogens is 2. The van der Waals surface area contributed by atoms with Gasteiger partial charge in [0, 0.05) is 44.1 Å². The van der Waals surface area contributed by atoms with Crippen LogP contribution in [0, 0.1) is 5.82 Å². The van der Waals surface area contributed by atoms with Crippen molar-refractivity contribution in [3.05, 3.63) is 130 Å². The van der Waals surface area contributed by atoms with E-state index in [4.69, 9.17) is 11.6 Å². The molecule has 0 saturated heterocycles. The van der Waals surface area contributed by atoms with E-state index in [-0.39, 0.29) is 23.9 Å². The third kappa shape index (κ3) is 6.54. The van der Waals surface area contributed by atoms with Gasteiger partial charge in [-0.3, -0.25) is 9.59 Å². The number of rotatable bonds is 8. The molecule has 5 nitrogen and oxygen atoms in total. The Kier molecular flexibility index (Phi) is 8.21. The van der Waals surface area contributed by atoms with Crippen LogP contribution in [-0.2, 0) is 13.1 Å². The van der Waals surface area contributed by atoms with Crippen molar-refractivity contribution in [2.45, 2.75) is 13.1 Å². The van der Waals surface area contributed by atoms with E-state index in [1.165, 1.54) is 18.2 Å². The summed E-state index contributed by atoms with van der Waals surface area (Å²) in [6.07, 6.45) is 0. The molecule has 7 heteroatoms. The lowest BCUT2D eigenvalue weighted by Gasteiger charge is -2.26. The SMILES string of the molecule is CN(C)c1ccc(NC(=O)c2ccccc2Cl)cc1CN(Cc1ccccc1)C(=O)c1cccc(F)c1. The molecule has 0 saturated carbocycles. The number of carbonyl (C=O) groups excluding carboxylic acids is 2. The number of carbonyl (C=O) groups is 2. The van der Waals surface area contributed by atoms with E-state index < -0.39 is 5.82 Å². The van der Waals surface area contributed by atoms with Crippen molar-refractivity contribution in [3.8, 4) is 0 Å². The van der Waals surface area contributed by atoms with Crippen LogP contribution < -0.4 is 10.2 Å². The second-order valence-corrected chi connectivity index (χ2v) is 9.24. The molecule has 0 aromatic heterocycles. The maximum atomic E-state index is 13.9. The molecule has 188 valence electrons. The standard InChI is InChI=1S/C30H27ClFN3O2/c1-34(2)28-16-15-25(33-29(36)26-13-6-7-14-27(26)31)18-23(28)20-35(19-21-9-4-3-5-10-21)30(37)22-11-8-12-24(32)17-22/h3-18H,19-20H2,1-2H3,(H,33,36). The summed E-state index contributed by atoms with van der Waals surface area (Å²) in [6.45, 7) is 0.576. The van der Waals surface area contributed by atoms with Crippen LogP contribution in [-0.4, -0.2) is 30.8 Å². The third-order valence-electron chi connectivity index (χ3n) is 5.87. The predicted octanol–water partition coefficient (Wildman–Crippen LogP) is 6.64. The largest absolute Gasteiger partial charge is 0.377 e. The van der Waals surface area contributed by atoms with Gasteiger partial charge in [-0.05, 0) is 59.7 Å². The number of hydrogen-bond donors (Lipinski definition) is 1. The van der Waals surface area contributed by atoms with E-state index >= 15 is 0 Å². The third-order valence-corrected chi connectivity index (χ3v) is 6.20. The number of nitrogens with one attached hydrogen (secondary N) is 1. The molecule has 0 atom stereocenters. The molecule has 37 heavy (non-hydrogen) atoms. The lowest BCUT2D eigenvalue weighted by molar-refractivity contribution is 0.0729. The normalized spacial score (nSPS) is 10.6. The Morgan fingerprint density at radius 3 is 2.27 bits per heavy atom. The van der Waals surface area contributed by atoms with Gasteiger partial charge in [0.2, 0.25) is 0 Å². The van der Waals surface area contributed by atoms with Crippen molar-refractivity contribution in [2.75, 3.05) is 24.3 Å². The molecular formula is C30H27ClFN3O2. The fraction of sp³-hybridized carbons (Fsp3) is 0.133. The van der Waals surface area contributed by atoms with Crippen LogP contribution in [0.4, 0.5) is 15.8 Å². The summed E-state index contributed by atoms with van der Waals surface area (Å²) < 4.78 is 13.9. The summed E-state index contributed by atoms with van der Waals surface area (Å²) in [6, 6.07) is 27.7. The molecule has 0 aliphatic rings. The minimum atomic E-state index is -0.469. The summed E-state index contributed by atoms with van der Waals surface area (Å²) >= 11 is 6.20. The minimum Gasteiger partial charge on any atom is -0.377 e. The van der Waals surface area contributed by atoms with Crippen molar-refractivity contribution < 1.29 is 14.0 Å². The number of benzene rings is 4. The van der Waals surface area contributed by atoms with Gasteiger partial charge >= 0.3 is 0 Å². The highest BCUT2D eigenvalue weighted by Crippen LogP contribution is 2.27. The first-order valence-electron chi connectivity index (χ1n) is 11.8. The summed E-state index contributed by atoms with van der Waals surface area (Å²) in [5.41, 5.74) is 3.87. The Bertz CT molecular complexity index is 1410. The topological polar surface area (TPSA) is 52.7 Å². The Hall–Kier alpha value is -4.16. The van der Waals surface area contributed by atoms with Gasteiger partial charge in [0.05, 0.1) is 10.6 Å². The van der Waals surface area contributed by atoms with E-state index in [1.54, 1.807) is 35.2 Å². The highest BCUT2D eigenvalue weighted by Gasteiger charge is 2.20. The number of nitrogens with zero attached hydrogens (tertiary/aromatic N) is 2. The van der Waals surface area contributed by atoms with Gasteiger partial charge in [-0.1, -0.05) is 60.1 Å². The highest BCUT2D eigenvalue weighted by atomic mass is 35.5. The predicted molar refractivity (Wildman–Crippen MR) is 147 cm³/mol. The first-order chi connectivity index (χ1) is 17.8. The van der Waals surface area contributed by atoms with Gasteiger partial charge in [0.1, 0.15) is 5.82 Å². The zero-order chi connectivity index (χ0) is 26.4. The zero-order valence-electron chi connectivity index (χ0n) is 20.6. The zero-order valence-corrected chi connectivity index (χ0v) is 21.4. The summed E-state index contributed by atoms with van der Waals surface area (Å²) in [5, 5.41) is 3.26. The molecule has 0 aliphatic heterocycles. The lowest BCUT2D eigenvalue weighted by atomic mass is 10.1. The second-order valence-electron chi connectivity index (χ2n) is 8.83. The Balaban J connectivity index is 1.67. The molecule has 4 aromatic rings. The van der Waals surface area contributed by atoms with Gasteiger partial charge in [-0.2, -0.15) is 0 Å². The fourth-order valence-electron chi connectivity index (χ4n) is 4.08. The lowest BCUT2D eigenvalue weighted by Crippen LogP contribution is -2.31. The van der Waals surface area contributed by atoms with Crippen molar-refractivity contribution in [1.29, 1.82) is 0 Å². The van der Waals surface area contributed by atoms with Crippen molar-refractivity contribution in [1.82, 2.24) is 4.90 Å². The minimum absolute atomic E-state index is 0.244. The first-order valence-corrected chi connectivity index (χ1v) is 12.1. The van der Waals surface area contributed by atoms with Crippen LogP contribution in [0.5, 0.6) is 0 Å². The second kappa shape index (κ2) is 11.7. The highest BCUT2D eigenvalue weighted by molar-refractivity contribution is 6.34. The molecule has 0 radical (unpaired) electrons. The van der Waals surface area contributed by atoms with Gasteiger partial charge in [0.15, 0.2) is 0 Å². The Labute approximate surface area is 221 Å². The van der Waals surface area contributed by atoms with E-state index in [1.807, 2.05) is 67.5 Å². The van der Waals surface area contributed by atoms with Crippen LogP contribution in [0.15, 0.2) is 97.1 Å². The molecule has 0 aliphatic carbocycles. The average molecular weight is 516 g/mol. The summed E-state index contributed by atoms with van der Waals surface area (Å²) in [7, 11) is 3.83. The monoisotopic (exact) mass is 515 g/mol. The Morgan fingerprint density at radius 1 is 0.838 bits per heavy atom. The molecular weight excluding hydrogens is 489 g/mol. The average Bonchev–Trinajstić information content (AvgIpc) is 2.88.